The molecular weight excluding hydrogens is 212 g/mol. The van der Waals surface area contributed by atoms with E-state index in [9.17, 15) is 0 Å². The Morgan fingerprint density at radius 3 is 2.53 bits per heavy atom. The van der Waals surface area contributed by atoms with Crippen molar-refractivity contribution in [1.29, 1.82) is 0 Å². The summed E-state index contributed by atoms with van der Waals surface area (Å²) in [6.07, 6.45) is 0.745. The highest BCUT2D eigenvalue weighted by Gasteiger charge is 2.10. The van der Waals surface area contributed by atoms with Gasteiger partial charge in [0.05, 0.1) is 0 Å². The summed E-state index contributed by atoms with van der Waals surface area (Å²) < 4.78 is 1.80. The van der Waals surface area contributed by atoms with Crippen LogP contribution in [0.1, 0.15) is 18.3 Å². The maximum absolute atomic E-state index is 5.78. The highest BCUT2D eigenvalue weighted by atomic mass is 15.3. The molecule has 0 radical (unpaired) electrons. The van der Waals surface area contributed by atoms with Crippen LogP contribution in [0.25, 0.3) is 11.4 Å². The minimum atomic E-state index is 0.101. The first-order chi connectivity index (χ1) is 8.06. The van der Waals surface area contributed by atoms with Crippen LogP contribution in [0.2, 0.25) is 0 Å². The van der Waals surface area contributed by atoms with Crippen LogP contribution in [0.15, 0.2) is 24.3 Å². The van der Waals surface area contributed by atoms with E-state index in [-0.39, 0.29) is 6.04 Å². The molecule has 0 aliphatic heterocycles. The van der Waals surface area contributed by atoms with E-state index >= 15 is 0 Å². The quantitative estimate of drug-likeness (QED) is 0.872. The Kier molecular flexibility index (Phi) is 3.24. The molecule has 0 saturated carbocycles. The van der Waals surface area contributed by atoms with Gasteiger partial charge in [-0.05, 0) is 13.8 Å². The molecule has 0 amide bonds. The summed E-state index contributed by atoms with van der Waals surface area (Å²) in [5.41, 5.74) is 8.06. The molecule has 0 saturated heterocycles. The van der Waals surface area contributed by atoms with Gasteiger partial charge in [-0.25, -0.2) is 4.98 Å². The Morgan fingerprint density at radius 1 is 1.29 bits per heavy atom. The third-order valence-corrected chi connectivity index (χ3v) is 2.67. The van der Waals surface area contributed by atoms with Gasteiger partial charge in [-0.2, -0.15) is 5.10 Å². The van der Waals surface area contributed by atoms with Crippen molar-refractivity contribution in [3.05, 3.63) is 35.7 Å². The maximum Gasteiger partial charge on any atom is 0.181 e. The van der Waals surface area contributed by atoms with E-state index < -0.39 is 0 Å². The van der Waals surface area contributed by atoms with Crippen molar-refractivity contribution < 1.29 is 0 Å². The fourth-order valence-corrected chi connectivity index (χ4v) is 1.71. The lowest BCUT2D eigenvalue weighted by Crippen LogP contribution is -2.20. The molecule has 4 heteroatoms. The van der Waals surface area contributed by atoms with Crippen LogP contribution in [-0.2, 0) is 13.5 Å². The van der Waals surface area contributed by atoms with Gasteiger partial charge in [0.25, 0.3) is 0 Å². The van der Waals surface area contributed by atoms with E-state index in [2.05, 4.69) is 29.1 Å². The SMILES string of the molecule is Cc1ccc(-c2nc(CC(C)N)n(C)n2)cc1. The van der Waals surface area contributed by atoms with Crippen LogP contribution in [0.3, 0.4) is 0 Å². The van der Waals surface area contributed by atoms with Crippen molar-refractivity contribution in [1.82, 2.24) is 14.8 Å². The standard InChI is InChI=1S/C13H18N4/c1-9-4-6-11(7-5-9)13-15-12(8-10(2)14)17(3)16-13/h4-7,10H,8,14H2,1-3H3. The Balaban J connectivity index is 2.31. The number of aryl methyl sites for hydroxylation is 2. The van der Waals surface area contributed by atoms with Gasteiger partial charge in [0.2, 0.25) is 0 Å². The fourth-order valence-electron chi connectivity index (χ4n) is 1.71. The Morgan fingerprint density at radius 2 is 1.94 bits per heavy atom. The van der Waals surface area contributed by atoms with Gasteiger partial charge < -0.3 is 5.73 Å². The maximum atomic E-state index is 5.78. The Hall–Kier alpha value is -1.68. The molecule has 2 N–H and O–H groups in total. The van der Waals surface area contributed by atoms with Gasteiger partial charge in [0.15, 0.2) is 5.82 Å². The molecular formula is C13H18N4. The van der Waals surface area contributed by atoms with E-state index in [1.54, 1.807) is 4.68 Å². The lowest BCUT2D eigenvalue weighted by atomic mass is 10.1. The molecule has 0 fully saturated rings. The van der Waals surface area contributed by atoms with Gasteiger partial charge >= 0.3 is 0 Å². The summed E-state index contributed by atoms with van der Waals surface area (Å²) in [4.78, 5) is 4.52. The summed E-state index contributed by atoms with van der Waals surface area (Å²) in [6.45, 7) is 4.04. The van der Waals surface area contributed by atoms with Crippen molar-refractivity contribution in [3.8, 4) is 11.4 Å². The number of hydrogen-bond acceptors (Lipinski definition) is 3. The van der Waals surface area contributed by atoms with E-state index in [4.69, 9.17) is 5.73 Å². The topological polar surface area (TPSA) is 56.7 Å². The van der Waals surface area contributed by atoms with Crippen molar-refractivity contribution in [3.63, 3.8) is 0 Å². The first kappa shape index (κ1) is 11.8. The number of nitrogens with zero attached hydrogens (tertiary/aromatic N) is 3. The summed E-state index contributed by atoms with van der Waals surface area (Å²) in [7, 11) is 1.91. The second-order valence-electron chi connectivity index (χ2n) is 4.52. The number of rotatable bonds is 3. The number of nitrogens with two attached hydrogens (primary N) is 1. The molecule has 90 valence electrons. The zero-order valence-electron chi connectivity index (χ0n) is 10.5. The first-order valence-electron chi connectivity index (χ1n) is 5.79. The van der Waals surface area contributed by atoms with Gasteiger partial charge in [-0.1, -0.05) is 29.8 Å². The van der Waals surface area contributed by atoms with Gasteiger partial charge in [0, 0.05) is 25.1 Å². The normalized spacial score (nSPS) is 12.7. The number of benzene rings is 1. The largest absolute Gasteiger partial charge is 0.328 e. The van der Waals surface area contributed by atoms with Crippen LogP contribution in [0.4, 0.5) is 0 Å². The van der Waals surface area contributed by atoms with E-state index in [1.807, 2.05) is 26.1 Å². The minimum absolute atomic E-state index is 0.101. The summed E-state index contributed by atoms with van der Waals surface area (Å²) >= 11 is 0. The van der Waals surface area contributed by atoms with E-state index in [0.717, 1.165) is 23.6 Å². The molecule has 1 aromatic heterocycles. The molecule has 0 aliphatic carbocycles. The predicted molar refractivity (Wildman–Crippen MR) is 68.5 cm³/mol. The summed E-state index contributed by atoms with van der Waals surface area (Å²) in [5, 5.41) is 4.41. The van der Waals surface area contributed by atoms with Crippen LogP contribution in [-0.4, -0.2) is 20.8 Å². The fraction of sp³-hybridized carbons (Fsp3) is 0.385. The van der Waals surface area contributed by atoms with Gasteiger partial charge in [-0.3, -0.25) is 4.68 Å². The molecule has 1 aromatic carbocycles. The van der Waals surface area contributed by atoms with E-state index in [0.29, 0.717) is 0 Å². The molecule has 0 spiro atoms. The highest BCUT2D eigenvalue weighted by Crippen LogP contribution is 2.16. The summed E-state index contributed by atoms with van der Waals surface area (Å²) in [6, 6.07) is 8.32. The first-order valence-corrected chi connectivity index (χ1v) is 5.79. The third kappa shape index (κ3) is 2.71. The minimum Gasteiger partial charge on any atom is -0.328 e. The van der Waals surface area contributed by atoms with Gasteiger partial charge in [-0.15, -0.1) is 0 Å². The Labute approximate surface area is 101 Å². The van der Waals surface area contributed by atoms with Gasteiger partial charge in [0.1, 0.15) is 5.82 Å². The Bertz CT molecular complexity index is 497. The van der Waals surface area contributed by atoms with E-state index in [1.165, 1.54) is 5.56 Å². The molecule has 4 nitrogen and oxygen atoms in total. The van der Waals surface area contributed by atoms with Crippen LogP contribution >= 0.6 is 0 Å². The third-order valence-electron chi connectivity index (χ3n) is 2.67. The molecule has 2 rings (SSSR count). The smallest absolute Gasteiger partial charge is 0.181 e. The van der Waals surface area contributed by atoms with Crippen molar-refractivity contribution in [2.45, 2.75) is 26.3 Å². The number of hydrogen-bond donors (Lipinski definition) is 1. The van der Waals surface area contributed by atoms with Crippen LogP contribution < -0.4 is 5.73 Å². The zero-order valence-corrected chi connectivity index (χ0v) is 10.5. The van der Waals surface area contributed by atoms with Crippen molar-refractivity contribution >= 4 is 0 Å². The molecule has 1 atom stereocenters. The second-order valence-corrected chi connectivity index (χ2v) is 4.52. The molecule has 1 heterocycles. The molecule has 1 unspecified atom stereocenters. The summed E-state index contributed by atoms with van der Waals surface area (Å²) in [5.74, 6) is 1.69. The lowest BCUT2D eigenvalue weighted by Gasteiger charge is -2.02. The molecule has 0 bridgehead atoms. The monoisotopic (exact) mass is 230 g/mol. The number of aromatic nitrogens is 3. The predicted octanol–water partition coefficient (Wildman–Crippen LogP) is 1.68. The van der Waals surface area contributed by atoms with Crippen molar-refractivity contribution in [2.24, 2.45) is 12.8 Å². The zero-order chi connectivity index (χ0) is 12.4. The highest BCUT2D eigenvalue weighted by molar-refractivity contribution is 5.54. The molecule has 17 heavy (non-hydrogen) atoms. The average molecular weight is 230 g/mol. The lowest BCUT2D eigenvalue weighted by molar-refractivity contribution is 0.639. The van der Waals surface area contributed by atoms with Crippen LogP contribution in [0.5, 0.6) is 0 Å². The molecule has 0 aliphatic rings. The molecule has 2 aromatic rings. The van der Waals surface area contributed by atoms with Crippen molar-refractivity contribution in [2.75, 3.05) is 0 Å². The van der Waals surface area contributed by atoms with Crippen LogP contribution in [0, 0.1) is 6.92 Å². The second kappa shape index (κ2) is 4.67. The average Bonchev–Trinajstić information content (AvgIpc) is 2.60.